The van der Waals surface area contributed by atoms with Crippen molar-refractivity contribution in [3.63, 3.8) is 0 Å². The van der Waals surface area contributed by atoms with Gasteiger partial charge in [-0.15, -0.1) is 11.3 Å². The zero-order chi connectivity index (χ0) is 30.6. The first-order chi connectivity index (χ1) is 22.6. The summed E-state index contributed by atoms with van der Waals surface area (Å²) < 4.78 is 2.74. The molecule has 0 amide bonds. The molecule has 0 aliphatic heterocycles. The normalized spacial score (nSPS) is 13.6. The third kappa shape index (κ3) is 3.49. The molecule has 9 aromatic rings. The molecule has 1 aromatic heterocycles. The topological polar surface area (TPSA) is 0 Å². The van der Waals surface area contributed by atoms with E-state index in [1.165, 1.54) is 97.0 Å². The van der Waals surface area contributed by atoms with Crippen LogP contribution in [0, 0.1) is 0 Å². The smallest absolute Gasteiger partial charge is 0.0434 e. The summed E-state index contributed by atoms with van der Waals surface area (Å²) in [4.78, 5) is 0. The maximum atomic E-state index is 2.49. The van der Waals surface area contributed by atoms with E-state index in [1.54, 1.807) is 0 Å². The molecule has 0 saturated heterocycles. The third-order valence-electron chi connectivity index (χ3n) is 10.4. The number of fused-ring (bicyclic) bond motifs is 10. The largest absolute Gasteiger partial charge is 0.135 e. The summed E-state index contributed by atoms with van der Waals surface area (Å²) >= 11 is 1.92. The lowest BCUT2D eigenvalue weighted by Gasteiger charge is -2.22. The number of rotatable bonds is 2. The van der Waals surface area contributed by atoms with Crippen molar-refractivity contribution in [1.29, 1.82) is 0 Å². The molecule has 1 heteroatoms. The lowest BCUT2D eigenvalue weighted by atomic mass is 9.81. The highest BCUT2D eigenvalue weighted by atomic mass is 32.1. The standard InChI is InChI=1S/C45H30S/c1-45(2)39-23-21-29(43-33-17-8-6-15-31(33)42(27-12-4-3-5-13-27)32-16-7-9-18-34(32)43)24-37(39)38-26-36-28(25-40(38)45)20-22-35-30-14-10-11-19-41(30)46-44(35)36/h3-26H,1-2H3. The molecule has 0 unspecified atom stereocenters. The fourth-order valence-electron chi connectivity index (χ4n) is 8.26. The molecular weight excluding hydrogens is 573 g/mol. The van der Waals surface area contributed by atoms with Crippen LogP contribution in [-0.2, 0) is 5.41 Å². The predicted molar refractivity (Wildman–Crippen MR) is 200 cm³/mol. The van der Waals surface area contributed by atoms with E-state index in [0.29, 0.717) is 0 Å². The SMILES string of the molecule is CC1(C)c2ccc(-c3c4ccccc4c(-c4ccccc4)c4ccccc34)cc2-c2cc3c(ccc4c5ccccc5sc34)cc21. The molecule has 10 rings (SSSR count). The fourth-order valence-corrected chi connectivity index (χ4v) is 9.49. The van der Waals surface area contributed by atoms with Crippen LogP contribution in [0.15, 0.2) is 146 Å². The fraction of sp³-hybridized carbons (Fsp3) is 0.0667. The van der Waals surface area contributed by atoms with Gasteiger partial charge in [-0.3, -0.25) is 0 Å². The molecule has 0 spiro atoms. The Morgan fingerprint density at radius 2 is 1.00 bits per heavy atom. The molecule has 0 bridgehead atoms. The van der Waals surface area contributed by atoms with E-state index in [2.05, 4.69) is 159 Å². The minimum atomic E-state index is -0.0756. The minimum Gasteiger partial charge on any atom is -0.135 e. The second-order valence-corrected chi connectivity index (χ2v) is 14.3. The van der Waals surface area contributed by atoms with Gasteiger partial charge in [-0.1, -0.05) is 135 Å². The maximum absolute atomic E-state index is 2.49. The summed E-state index contributed by atoms with van der Waals surface area (Å²) in [5.41, 5.74) is 10.6. The van der Waals surface area contributed by atoms with E-state index < -0.39 is 0 Å². The van der Waals surface area contributed by atoms with Gasteiger partial charge in [-0.2, -0.15) is 0 Å². The monoisotopic (exact) mass is 602 g/mol. The third-order valence-corrected chi connectivity index (χ3v) is 11.7. The maximum Gasteiger partial charge on any atom is 0.0434 e. The zero-order valence-electron chi connectivity index (χ0n) is 25.8. The van der Waals surface area contributed by atoms with Crippen molar-refractivity contribution >= 4 is 63.8 Å². The predicted octanol–water partition coefficient (Wildman–Crippen LogP) is 13.2. The Morgan fingerprint density at radius 3 is 1.70 bits per heavy atom. The number of hydrogen-bond acceptors (Lipinski definition) is 1. The van der Waals surface area contributed by atoms with Crippen LogP contribution >= 0.6 is 11.3 Å². The average molecular weight is 603 g/mol. The lowest BCUT2D eigenvalue weighted by Crippen LogP contribution is -2.14. The second kappa shape index (κ2) is 9.39. The first kappa shape index (κ1) is 26.0. The summed E-state index contributed by atoms with van der Waals surface area (Å²) in [5.74, 6) is 0. The van der Waals surface area contributed by atoms with Crippen molar-refractivity contribution in [3.05, 3.63) is 157 Å². The van der Waals surface area contributed by atoms with Crippen LogP contribution in [0.25, 0.3) is 85.9 Å². The highest BCUT2D eigenvalue weighted by Gasteiger charge is 2.36. The van der Waals surface area contributed by atoms with Crippen LogP contribution in [0.3, 0.4) is 0 Å². The molecule has 1 heterocycles. The van der Waals surface area contributed by atoms with Crippen LogP contribution in [0.4, 0.5) is 0 Å². The van der Waals surface area contributed by atoms with Gasteiger partial charge in [0.1, 0.15) is 0 Å². The summed E-state index contributed by atoms with van der Waals surface area (Å²) in [7, 11) is 0. The number of thiophene rings is 1. The molecule has 1 aliphatic rings. The highest BCUT2D eigenvalue weighted by Crippen LogP contribution is 2.53. The van der Waals surface area contributed by atoms with E-state index in [0.717, 1.165) is 0 Å². The molecule has 216 valence electrons. The van der Waals surface area contributed by atoms with Gasteiger partial charge in [0.15, 0.2) is 0 Å². The summed E-state index contributed by atoms with van der Waals surface area (Å²) in [6, 6.07) is 54.5. The average Bonchev–Trinajstić information content (AvgIpc) is 3.58. The van der Waals surface area contributed by atoms with Crippen LogP contribution in [0.2, 0.25) is 0 Å². The second-order valence-electron chi connectivity index (χ2n) is 13.3. The quantitative estimate of drug-likeness (QED) is 0.173. The Bertz CT molecular complexity index is 2650. The molecule has 1 aliphatic carbocycles. The Kier molecular flexibility index (Phi) is 5.31. The van der Waals surface area contributed by atoms with Crippen molar-refractivity contribution in [2.24, 2.45) is 0 Å². The van der Waals surface area contributed by atoms with Crippen LogP contribution < -0.4 is 0 Å². The van der Waals surface area contributed by atoms with E-state index in [4.69, 9.17) is 0 Å². The van der Waals surface area contributed by atoms with Crippen molar-refractivity contribution in [2.75, 3.05) is 0 Å². The van der Waals surface area contributed by atoms with E-state index in [1.807, 2.05) is 11.3 Å². The molecule has 8 aromatic carbocycles. The molecule has 46 heavy (non-hydrogen) atoms. The summed E-state index contributed by atoms with van der Waals surface area (Å²) in [6.45, 7) is 4.78. The van der Waals surface area contributed by atoms with Gasteiger partial charge in [-0.05, 0) is 95.7 Å². The minimum absolute atomic E-state index is 0.0756. The molecular formula is C45H30S. The van der Waals surface area contributed by atoms with Gasteiger partial charge in [-0.25, -0.2) is 0 Å². The first-order valence-electron chi connectivity index (χ1n) is 16.1. The number of benzene rings is 8. The van der Waals surface area contributed by atoms with Crippen molar-refractivity contribution in [1.82, 2.24) is 0 Å². The molecule has 0 atom stereocenters. The van der Waals surface area contributed by atoms with Crippen molar-refractivity contribution < 1.29 is 0 Å². The molecule has 0 nitrogen and oxygen atoms in total. The Hall–Kier alpha value is -5.24. The van der Waals surface area contributed by atoms with Gasteiger partial charge in [0.25, 0.3) is 0 Å². The van der Waals surface area contributed by atoms with E-state index in [-0.39, 0.29) is 5.41 Å². The Labute approximate surface area is 272 Å². The van der Waals surface area contributed by atoms with E-state index in [9.17, 15) is 0 Å². The molecule has 0 N–H and O–H groups in total. The lowest BCUT2D eigenvalue weighted by molar-refractivity contribution is 0.661. The summed E-state index contributed by atoms with van der Waals surface area (Å²) in [6.07, 6.45) is 0. The van der Waals surface area contributed by atoms with Gasteiger partial charge in [0.2, 0.25) is 0 Å². The van der Waals surface area contributed by atoms with Crippen molar-refractivity contribution in [3.8, 4) is 33.4 Å². The van der Waals surface area contributed by atoms with Crippen LogP contribution in [0.1, 0.15) is 25.0 Å². The Balaban J connectivity index is 1.26. The van der Waals surface area contributed by atoms with Gasteiger partial charge in [0, 0.05) is 31.0 Å². The van der Waals surface area contributed by atoms with Gasteiger partial charge >= 0.3 is 0 Å². The first-order valence-corrected chi connectivity index (χ1v) is 16.9. The number of hydrogen-bond donors (Lipinski definition) is 0. The zero-order valence-corrected chi connectivity index (χ0v) is 26.6. The van der Waals surface area contributed by atoms with Crippen molar-refractivity contribution in [2.45, 2.75) is 19.3 Å². The highest BCUT2D eigenvalue weighted by molar-refractivity contribution is 7.26. The van der Waals surface area contributed by atoms with Gasteiger partial charge in [0.05, 0.1) is 0 Å². The molecule has 0 fully saturated rings. The molecule has 0 saturated carbocycles. The van der Waals surface area contributed by atoms with Crippen LogP contribution in [-0.4, -0.2) is 0 Å². The van der Waals surface area contributed by atoms with E-state index >= 15 is 0 Å². The van der Waals surface area contributed by atoms with Crippen LogP contribution in [0.5, 0.6) is 0 Å². The molecule has 0 radical (unpaired) electrons. The van der Waals surface area contributed by atoms with Gasteiger partial charge < -0.3 is 0 Å². The summed E-state index contributed by atoms with van der Waals surface area (Å²) in [5, 5.41) is 10.6. The Morgan fingerprint density at radius 1 is 0.413 bits per heavy atom.